The molecule has 2 nitrogen and oxygen atoms in total. The maximum absolute atomic E-state index is 11.5. The maximum atomic E-state index is 11.5. The minimum absolute atomic E-state index is 0.660. The lowest BCUT2D eigenvalue weighted by Crippen LogP contribution is -1.84. The lowest BCUT2D eigenvalue weighted by atomic mass is 10.4. The normalized spacial score (nSPS) is 9.50. The summed E-state index contributed by atoms with van der Waals surface area (Å²) in [6.07, 6.45) is 1.94. The second-order valence-corrected chi connectivity index (χ2v) is 1.92. The van der Waals surface area contributed by atoms with Gasteiger partial charge in [0, 0.05) is 6.20 Å². The van der Waals surface area contributed by atoms with Gasteiger partial charge in [0.1, 0.15) is 0 Å². The van der Waals surface area contributed by atoms with Crippen molar-refractivity contribution in [2.45, 2.75) is 6.92 Å². The van der Waals surface area contributed by atoms with Gasteiger partial charge in [-0.2, -0.15) is 13.9 Å². The zero-order valence-corrected chi connectivity index (χ0v) is 5.38. The zero-order valence-electron chi connectivity index (χ0n) is 5.38. The average Bonchev–Trinajstić information content (AvgIpc) is 2.13. The van der Waals surface area contributed by atoms with Crippen LogP contribution in [0.25, 0.3) is 6.20 Å². The quantitative estimate of drug-likeness (QED) is 0.588. The van der Waals surface area contributed by atoms with E-state index in [0.29, 0.717) is 6.20 Å². The number of hydrogen-bond donors (Lipinski definition) is 0. The second-order valence-electron chi connectivity index (χ2n) is 1.92. The Bertz CT molecular complexity index is 248. The van der Waals surface area contributed by atoms with Gasteiger partial charge in [-0.1, -0.05) is 0 Å². The van der Waals surface area contributed by atoms with Crippen molar-refractivity contribution in [3.05, 3.63) is 24.0 Å². The predicted octanol–water partition coefficient (Wildman–Crippen LogP) is 1.89. The van der Waals surface area contributed by atoms with Crippen molar-refractivity contribution in [3.63, 3.8) is 0 Å². The van der Waals surface area contributed by atoms with Crippen LogP contribution >= 0.6 is 0 Å². The molecular formula is C6H6F2N2. The fourth-order valence-electron chi connectivity index (χ4n) is 0.604. The van der Waals surface area contributed by atoms with Crippen molar-refractivity contribution in [3.8, 4) is 0 Å². The van der Waals surface area contributed by atoms with Crippen LogP contribution in [-0.2, 0) is 0 Å². The number of aryl methyl sites for hydroxylation is 1. The van der Waals surface area contributed by atoms with Crippen LogP contribution in [0.4, 0.5) is 8.78 Å². The molecule has 0 radical (unpaired) electrons. The highest BCUT2D eigenvalue weighted by Gasteiger charge is 1.91. The minimum atomic E-state index is -1.75. The molecule has 0 aliphatic heterocycles. The predicted molar refractivity (Wildman–Crippen MR) is 33.5 cm³/mol. The molecule has 0 aliphatic rings. The third kappa shape index (κ3) is 1.65. The molecule has 0 amide bonds. The van der Waals surface area contributed by atoms with Gasteiger partial charge in [-0.3, -0.25) is 0 Å². The Hall–Kier alpha value is -1.19. The van der Waals surface area contributed by atoms with Crippen LogP contribution in [0.2, 0.25) is 0 Å². The fourth-order valence-corrected chi connectivity index (χ4v) is 0.604. The summed E-state index contributed by atoms with van der Waals surface area (Å²) in [7, 11) is 0. The van der Waals surface area contributed by atoms with E-state index in [4.69, 9.17) is 0 Å². The Balaban J connectivity index is 2.86. The van der Waals surface area contributed by atoms with E-state index in [-0.39, 0.29) is 0 Å². The Morgan fingerprint density at radius 2 is 2.40 bits per heavy atom. The summed E-state index contributed by atoms with van der Waals surface area (Å²) < 4.78 is 24.1. The van der Waals surface area contributed by atoms with E-state index < -0.39 is 6.08 Å². The van der Waals surface area contributed by atoms with E-state index in [2.05, 4.69) is 5.10 Å². The van der Waals surface area contributed by atoms with E-state index in [1.54, 1.807) is 6.92 Å². The highest BCUT2D eigenvalue weighted by atomic mass is 19.3. The third-order valence-corrected chi connectivity index (χ3v) is 0.960. The molecule has 0 unspecified atom stereocenters. The van der Waals surface area contributed by atoms with Gasteiger partial charge in [0.2, 0.25) is 0 Å². The second kappa shape index (κ2) is 2.60. The first-order chi connectivity index (χ1) is 4.68. The molecule has 0 saturated carbocycles. The Morgan fingerprint density at radius 3 is 2.80 bits per heavy atom. The number of aromatic nitrogens is 2. The molecular weight excluding hydrogens is 138 g/mol. The number of nitrogens with zero attached hydrogens (tertiary/aromatic N) is 2. The number of hydrogen-bond acceptors (Lipinski definition) is 1. The van der Waals surface area contributed by atoms with Crippen LogP contribution in [0.3, 0.4) is 0 Å². The van der Waals surface area contributed by atoms with Crippen molar-refractivity contribution in [2.75, 3.05) is 0 Å². The Labute approximate surface area is 56.8 Å². The summed E-state index contributed by atoms with van der Waals surface area (Å²) in [5, 5.41) is 3.62. The van der Waals surface area contributed by atoms with Crippen LogP contribution in [0.5, 0.6) is 0 Å². The molecule has 0 atom stereocenters. The molecule has 0 N–H and O–H groups in total. The summed E-state index contributed by atoms with van der Waals surface area (Å²) in [6, 6.07) is 0. The Morgan fingerprint density at radius 1 is 1.70 bits per heavy atom. The van der Waals surface area contributed by atoms with Gasteiger partial charge in [0.15, 0.2) is 0 Å². The SMILES string of the molecule is Cc1cnn(C=C(F)F)c1. The average molecular weight is 144 g/mol. The molecule has 10 heavy (non-hydrogen) atoms. The molecule has 0 spiro atoms. The van der Waals surface area contributed by atoms with E-state index in [1.165, 1.54) is 12.4 Å². The molecule has 0 fully saturated rings. The van der Waals surface area contributed by atoms with Crippen LogP contribution in [0, 0.1) is 6.92 Å². The van der Waals surface area contributed by atoms with Crippen molar-refractivity contribution < 1.29 is 8.78 Å². The molecule has 0 aliphatic carbocycles. The molecule has 0 bridgehead atoms. The van der Waals surface area contributed by atoms with Crippen molar-refractivity contribution >= 4 is 6.20 Å². The minimum Gasteiger partial charge on any atom is -0.243 e. The molecule has 1 rings (SSSR count). The van der Waals surface area contributed by atoms with E-state index in [1.807, 2.05) is 0 Å². The van der Waals surface area contributed by atoms with Crippen molar-refractivity contribution in [1.29, 1.82) is 0 Å². The highest BCUT2D eigenvalue weighted by Crippen LogP contribution is 2.01. The van der Waals surface area contributed by atoms with E-state index >= 15 is 0 Å². The lowest BCUT2D eigenvalue weighted by molar-refractivity contribution is 0.425. The largest absolute Gasteiger partial charge is 0.288 e. The van der Waals surface area contributed by atoms with Crippen LogP contribution in [-0.4, -0.2) is 9.78 Å². The van der Waals surface area contributed by atoms with Gasteiger partial charge in [-0.05, 0) is 12.5 Å². The van der Waals surface area contributed by atoms with Crippen molar-refractivity contribution in [1.82, 2.24) is 9.78 Å². The van der Waals surface area contributed by atoms with E-state index in [0.717, 1.165) is 10.2 Å². The molecule has 0 saturated heterocycles. The molecule has 1 heterocycles. The summed E-state index contributed by atoms with van der Waals surface area (Å²) >= 11 is 0. The summed E-state index contributed by atoms with van der Waals surface area (Å²) in [4.78, 5) is 0. The first-order valence-corrected chi connectivity index (χ1v) is 2.72. The molecule has 54 valence electrons. The van der Waals surface area contributed by atoms with E-state index in [9.17, 15) is 8.78 Å². The molecule has 1 aromatic rings. The summed E-state index contributed by atoms with van der Waals surface area (Å²) in [6.45, 7) is 1.79. The van der Waals surface area contributed by atoms with Crippen LogP contribution in [0.15, 0.2) is 18.5 Å². The standard InChI is InChI=1S/C6H6F2N2/c1-5-2-9-10(3-5)4-6(7)8/h2-4H,1H3. The van der Waals surface area contributed by atoms with Gasteiger partial charge in [-0.25, -0.2) is 4.68 Å². The van der Waals surface area contributed by atoms with Gasteiger partial charge in [0.05, 0.1) is 12.4 Å². The maximum Gasteiger partial charge on any atom is 0.288 e. The molecule has 4 heteroatoms. The third-order valence-electron chi connectivity index (χ3n) is 0.960. The number of halogens is 2. The highest BCUT2D eigenvalue weighted by molar-refractivity contribution is 5.22. The first-order valence-electron chi connectivity index (χ1n) is 2.72. The van der Waals surface area contributed by atoms with Gasteiger partial charge >= 0.3 is 0 Å². The zero-order chi connectivity index (χ0) is 7.56. The topological polar surface area (TPSA) is 17.8 Å². The van der Waals surface area contributed by atoms with Crippen LogP contribution < -0.4 is 0 Å². The van der Waals surface area contributed by atoms with Gasteiger partial charge in [0.25, 0.3) is 6.08 Å². The van der Waals surface area contributed by atoms with Gasteiger partial charge < -0.3 is 0 Å². The van der Waals surface area contributed by atoms with Crippen LogP contribution in [0.1, 0.15) is 5.56 Å². The smallest absolute Gasteiger partial charge is 0.243 e. The first kappa shape index (κ1) is 6.92. The lowest BCUT2D eigenvalue weighted by Gasteiger charge is -1.85. The van der Waals surface area contributed by atoms with Gasteiger partial charge in [-0.15, -0.1) is 0 Å². The number of rotatable bonds is 1. The summed E-state index contributed by atoms with van der Waals surface area (Å²) in [5.74, 6) is 0. The fraction of sp³-hybridized carbons (Fsp3) is 0.167. The molecule has 0 aromatic carbocycles. The Kier molecular flexibility index (Phi) is 1.80. The van der Waals surface area contributed by atoms with Crippen molar-refractivity contribution in [2.24, 2.45) is 0 Å². The monoisotopic (exact) mass is 144 g/mol. The summed E-state index contributed by atoms with van der Waals surface area (Å²) in [5.41, 5.74) is 0.859. The molecule has 1 aromatic heterocycles.